The second-order valence-electron chi connectivity index (χ2n) is 8.84. The van der Waals surface area contributed by atoms with Crippen molar-refractivity contribution in [1.82, 2.24) is 5.06 Å². The van der Waals surface area contributed by atoms with Crippen LogP contribution in [0, 0.1) is 22.7 Å². The Kier molecular flexibility index (Phi) is 5.86. The number of aryl methyl sites for hydroxylation is 1. The van der Waals surface area contributed by atoms with Gasteiger partial charge in [0.15, 0.2) is 0 Å². The number of hydrogen-bond acceptors (Lipinski definition) is 7. The Morgan fingerprint density at radius 2 is 1.69 bits per heavy atom. The first-order valence-electron chi connectivity index (χ1n) is 11.6. The van der Waals surface area contributed by atoms with Crippen LogP contribution in [0.3, 0.4) is 0 Å². The molecule has 0 saturated heterocycles. The molecule has 1 atom stereocenters. The number of nitrogens with zero attached hydrogens (tertiary/aromatic N) is 4. The van der Waals surface area contributed by atoms with Gasteiger partial charge in [-0.15, -0.1) is 0 Å². The smallest absolute Gasteiger partial charge is 0.218 e. The highest BCUT2D eigenvalue weighted by atomic mass is 16.7. The number of nitriles is 2. The average molecular weight is 464 g/mol. The van der Waals surface area contributed by atoms with Gasteiger partial charge in [-0.05, 0) is 71.8 Å². The lowest BCUT2D eigenvalue weighted by Gasteiger charge is -2.28. The van der Waals surface area contributed by atoms with Gasteiger partial charge in [-0.2, -0.15) is 10.5 Å². The van der Waals surface area contributed by atoms with Gasteiger partial charge in [-0.3, -0.25) is 0 Å². The molecule has 1 spiro atoms. The first-order valence-corrected chi connectivity index (χ1v) is 11.6. The Bertz CT molecular complexity index is 1370. The summed E-state index contributed by atoms with van der Waals surface area (Å²) in [5.74, 6) is 0.965. The van der Waals surface area contributed by atoms with E-state index in [9.17, 15) is 10.5 Å². The molecule has 3 aromatic carbocycles. The lowest BCUT2D eigenvalue weighted by atomic mass is 9.91. The molecule has 2 aliphatic rings. The predicted octanol–water partition coefficient (Wildman–Crippen LogP) is 4.75. The third-order valence-corrected chi connectivity index (χ3v) is 6.54. The van der Waals surface area contributed by atoms with Gasteiger partial charge < -0.3 is 10.5 Å². The van der Waals surface area contributed by atoms with Crippen molar-refractivity contribution in [2.45, 2.75) is 38.0 Å². The molecule has 1 unspecified atom stereocenters. The molecule has 2 heterocycles. The highest BCUT2D eigenvalue weighted by Crippen LogP contribution is 2.44. The van der Waals surface area contributed by atoms with Crippen LogP contribution in [0.5, 0.6) is 5.75 Å². The summed E-state index contributed by atoms with van der Waals surface area (Å²) in [5, 5.41) is 20.4. The molecule has 174 valence electrons. The second kappa shape index (κ2) is 9.13. The highest BCUT2D eigenvalue weighted by Gasteiger charge is 2.43. The molecule has 5 rings (SSSR count). The molecule has 2 N–H and O–H groups in total. The molecule has 35 heavy (non-hydrogen) atoms. The summed E-state index contributed by atoms with van der Waals surface area (Å²) in [5.41, 5.74) is 10.8. The maximum absolute atomic E-state index is 9.44. The van der Waals surface area contributed by atoms with Gasteiger partial charge in [-0.25, -0.2) is 14.9 Å². The first-order chi connectivity index (χ1) is 17.0. The molecule has 7 heteroatoms. The van der Waals surface area contributed by atoms with Gasteiger partial charge >= 0.3 is 0 Å². The lowest BCUT2D eigenvalue weighted by molar-refractivity contribution is -0.177. The summed E-state index contributed by atoms with van der Waals surface area (Å²) in [7, 11) is 1.74. The van der Waals surface area contributed by atoms with Crippen molar-refractivity contribution in [3.63, 3.8) is 0 Å². The summed E-state index contributed by atoms with van der Waals surface area (Å²) in [6.07, 6.45) is 3.43. The number of benzene rings is 3. The Hall–Kier alpha value is -4.33. The zero-order valence-corrected chi connectivity index (χ0v) is 19.5. The number of hydrogen-bond donors (Lipinski definition) is 1. The van der Waals surface area contributed by atoms with Gasteiger partial charge in [-0.1, -0.05) is 30.3 Å². The van der Waals surface area contributed by atoms with Crippen LogP contribution in [0.25, 0.3) is 11.1 Å². The highest BCUT2D eigenvalue weighted by molar-refractivity contribution is 5.79. The zero-order valence-electron chi connectivity index (χ0n) is 19.5. The van der Waals surface area contributed by atoms with Crippen molar-refractivity contribution in [1.29, 1.82) is 10.5 Å². The Morgan fingerprint density at radius 1 is 0.943 bits per heavy atom. The molecular weight excluding hydrogens is 438 g/mol. The molecule has 0 aromatic heterocycles. The fourth-order valence-electron chi connectivity index (χ4n) is 4.74. The zero-order chi connectivity index (χ0) is 24.4. The number of fused-ring (bicyclic) bond motifs is 3. The van der Waals surface area contributed by atoms with Crippen LogP contribution >= 0.6 is 0 Å². The van der Waals surface area contributed by atoms with E-state index in [4.69, 9.17) is 20.3 Å². The topological polar surface area (TPSA) is 108 Å². The van der Waals surface area contributed by atoms with Crippen molar-refractivity contribution in [2.75, 3.05) is 7.05 Å². The summed E-state index contributed by atoms with van der Waals surface area (Å²) < 4.78 is 6.37. The van der Waals surface area contributed by atoms with E-state index in [1.165, 1.54) is 10.6 Å². The van der Waals surface area contributed by atoms with Crippen LogP contribution < -0.4 is 10.5 Å². The van der Waals surface area contributed by atoms with Crippen molar-refractivity contribution in [3.05, 3.63) is 88.5 Å². The van der Waals surface area contributed by atoms with E-state index in [0.717, 1.165) is 41.5 Å². The number of hydroxylamine groups is 2. The van der Waals surface area contributed by atoms with E-state index >= 15 is 0 Å². The van der Waals surface area contributed by atoms with Crippen molar-refractivity contribution < 1.29 is 9.57 Å². The number of ether oxygens (including phenoxy) is 1. The maximum Gasteiger partial charge on any atom is 0.218 e. The van der Waals surface area contributed by atoms with Crippen LogP contribution in [0.4, 0.5) is 0 Å². The number of nitrogens with two attached hydrogens (primary N) is 1. The molecule has 2 aliphatic heterocycles. The maximum atomic E-state index is 9.44. The van der Waals surface area contributed by atoms with Crippen molar-refractivity contribution >= 4 is 5.96 Å². The molecule has 0 amide bonds. The second-order valence-corrected chi connectivity index (χ2v) is 8.84. The standard InChI is InChI=1S/C28H25N5O2/c1-33-27(31)32-28(35-33)11-5-4-7-21-6-2-3-8-23(21)18-34-26-10-9-22(15-25(26)28)24-13-19(16-29)12-20(14-24)17-30/h2-3,6,8-10,12-15H,4-5,7,11,18H2,1H3,(H2,31,32). The molecule has 0 bridgehead atoms. The monoisotopic (exact) mass is 463 g/mol. The van der Waals surface area contributed by atoms with Crippen LogP contribution in [0.1, 0.15) is 47.1 Å². The van der Waals surface area contributed by atoms with Crippen molar-refractivity contribution in [3.8, 4) is 29.0 Å². The largest absolute Gasteiger partial charge is 0.488 e. The van der Waals surface area contributed by atoms with E-state index in [-0.39, 0.29) is 0 Å². The molecular formula is C28H25N5O2. The van der Waals surface area contributed by atoms with Gasteiger partial charge in [0.25, 0.3) is 0 Å². The average Bonchev–Trinajstić information content (AvgIpc) is 3.17. The molecule has 3 aromatic rings. The van der Waals surface area contributed by atoms with Crippen LogP contribution in [0.15, 0.2) is 65.7 Å². The fraction of sp³-hybridized carbons (Fsp3) is 0.250. The number of aliphatic imine (C=N–C) groups is 1. The molecule has 0 aliphatic carbocycles. The van der Waals surface area contributed by atoms with E-state index in [1.54, 1.807) is 25.2 Å². The van der Waals surface area contributed by atoms with E-state index in [1.807, 2.05) is 24.3 Å². The summed E-state index contributed by atoms with van der Waals surface area (Å²) in [6.45, 7) is 0.427. The van der Waals surface area contributed by atoms with Gasteiger partial charge in [0.1, 0.15) is 12.4 Å². The Morgan fingerprint density at radius 3 is 2.37 bits per heavy atom. The van der Waals surface area contributed by atoms with E-state index in [0.29, 0.717) is 35.9 Å². The van der Waals surface area contributed by atoms with Gasteiger partial charge in [0.05, 0.1) is 28.8 Å². The molecule has 0 radical (unpaired) electrons. The first kappa shape index (κ1) is 22.5. The summed E-state index contributed by atoms with van der Waals surface area (Å²) >= 11 is 0. The Balaban J connectivity index is 1.65. The third-order valence-electron chi connectivity index (χ3n) is 6.54. The molecule has 0 fully saturated rings. The Labute approximate surface area is 204 Å². The van der Waals surface area contributed by atoms with Crippen molar-refractivity contribution in [2.24, 2.45) is 10.7 Å². The minimum Gasteiger partial charge on any atom is -0.488 e. The van der Waals surface area contributed by atoms with Gasteiger partial charge in [0, 0.05) is 13.5 Å². The van der Waals surface area contributed by atoms with E-state index < -0.39 is 5.72 Å². The quantitative estimate of drug-likeness (QED) is 0.558. The summed E-state index contributed by atoms with van der Waals surface area (Å²) in [6, 6.07) is 23.6. The van der Waals surface area contributed by atoms with Crippen LogP contribution in [0.2, 0.25) is 0 Å². The normalized spacial score (nSPS) is 19.4. The SMILES string of the molecule is CN1OC2(CCCCc3ccccc3COc3ccc(-c4cc(C#N)cc(C#N)c4)cc32)N=C1N. The third kappa shape index (κ3) is 4.30. The molecule has 0 saturated carbocycles. The predicted molar refractivity (Wildman–Crippen MR) is 132 cm³/mol. The minimum atomic E-state index is -1.02. The number of guanidine groups is 1. The van der Waals surface area contributed by atoms with Crippen LogP contribution in [-0.4, -0.2) is 18.1 Å². The lowest BCUT2D eigenvalue weighted by Crippen LogP contribution is -2.32. The number of rotatable bonds is 1. The molecule has 7 nitrogen and oxygen atoms in total. The summed E-state index contributed by atoms with van der Waals surface area (Å²) in [4.78, 5) is 11.1. The van der Waals surface area contributed by atoms with Crippen LogP contribution in [-0.2, 0) is 23.6 Å². The fourth-order valence-corrected chi connectivity index (χ4v) is 4.74. The van der Waals surface area contributed by atoms with Gasteiger partial charge in [0.2, 0.25) is 11.7 Å². The van der Waals surface area contributed by atoms with E-state index in [2.05, 4.69) is 30.3 Å². The minimum absolute atomic E-state index is 0.303.